The zero-order chi connectivity index (χ0) is 27.6. The SMILES string of the molecule is C=Cc1cccc(C(C(=O)NCCCCC)N(C(=O)C(CC(N)=O)NC(=O)OC(C)(C)C)C2CCC2)c1. The third kappa shape index (κ3) is 9.22. The Bertz CT molecular complexity index is 968. The Morgan fingerprint density at radius 1 is 1.22 bits per heavy atom. The van der Waals surface area contributed by atoms with Gasteiger partial charge in [-0.2, -0.15) is 0 Å². The van der Waals surface area contributed by atoms with Gasteiger partial charge in [0.2, 0.25) is 17.7 Å². The van der Waals surface area contributed by atoms with Gasteiger partial charge >= 0.3 is 6.09 Å². The van der Waals surface area contributed by atoms with Crippen LogP contribution in [0.5, 0.6) is 0 Å². The van der Waals surface area contributed by atoms with E-state index in [1.54, 1.807) is 32.9 Å². The number of carbonyl (C=O) groups excluding carboxylic acids is 4. The molecule has 1 aromatic carbocycles. The van der Waals surface area contributed by atoms with Crippen molar-refractivity contribution in [2.75, 3.05) is 6.54 Å². The summed E-state index contributed by atoms with van der Waals surface area (Å²) in [6.45, 7) is 11.5. The molecule has 204 valence electrons. The van der Waals surface area contributed by atoms with Gasteiger partial charge in [-0.3, -0.25) is 14.4 Å². The molecule has 0 aliphatic heterocycles. The van der Waals surface area contributed by atoms with Crippen molar-refractivity contribution in [1.29, 1.82) is 0 Å². The minimum atomic E-state index is -1.27. The van der Waals surface area contributed by atoms with Gasteiger partial charge < -0.3 is 26.0 Å². The fourth-order valence-electron chi connectivity index (χ4n) is 4.19. The summed E-state index contributed by atoms with van der Waals surface area (Å²) in [6.07, 6.45) is 5.56. The van der Waals surface area contributed by atoms with E-state index in [9.17, 15) is 19.2 Å². The minimum absolute atomic E-state index is 0.220. The van der Waals surface area contributed by atoms with Crippen molar-refractivity contribution in [3.05, 3.63) is 42.0 Å². The van der Waals surface area contributed by atoms with Crippen molar-refractivity contribution >= 4 is 29.9 Å². The van der Waals surface area contributed by atoms with Crippen LogP contribution in [0.2, 0.25) is 0 Å². The van der Waals surface area contributed by atoms with Gasteiger partial charge in [-0.25, -0.2) is 4.79 Å². The molecule has 1 aromatic rings. The summed E-state index contributed by atoms with van der Waals surface area (Å²) >= 11 is 0. The molecule has 0 saturated heterocycles. The Hall–Kier alpha value is -3.36. The first kappa shape index (κ1) is 29.9. The Labute approximate surface area is 220 Å². The Morgan fingerprint density at radius 2 is 1.92 bits per heavy atom. The maximum absolute atomic E-state index is 14.0. The molecule has 0 radical (unpaired) electrons. The number of hydrogen-bond acceptors (Lipinski definition) is 5. The summed E-state index contributed by atoms with van der Waals surface area (Å²) in [5, 5.41) is 5.50. The van der Waals surface area contributed by atoms with Gasteiger partial charge in [-0.1, -0.05) is 50.6 Å². The molecule has 1 saturated carbocycles. The number of benzene rings is 1. The first-order valence-corrected chi connectivity index (χ1v) is 13.1. The molecule has 1 aliphatic rings. The van der Waals surface area contributed by atoms with Crippen molar-refractivity contribution in [3.63, 3.8) is 0 Å². The van der Waals surface area contributed by atoms with Crippen molar-refractivity contribution in [3.8, 4) is 0 Å². The van der Waals surface area contributed by atoms with Crippen LogP contribution in [0.4, 0.5) is 4.79 Å². The maximum Gasteiger partial charge on any atom is 0.408 e. The normalized spacial score (nSPS) is 15.0. The van der Waals surface area contributed by atoms with Crippen molar-refractivity contribution in [1.82, 2.24) is 15.5 Å². The monoisotopic (exact) mass is 514 g/mol. The lowest BCUT2D eigenvalue weighted by Crippen LogP contribution is -2.58. The van der Waals surface area contributed by atoms with Gasteiger partial charge in [0, 0.05) is 12.6 Å². The molecule has 2 rings (SSSR count). The number of amides is 4. The number of hydrogen-bond donors (Lipinski definition) is 3. The number of primary amides is 1. The molecular formula is C28H42N4O5. The van der Waals surface area contributed by atoms with Gasteiger partial charge in [-0.05, 0) is 63.6 Å². The maximum atomic E-state index is 14.0. The predicted molar refractivity (Wildman–Crippen MR) is 143 cm³/mol. The molecule has 0 heterocycles. The van der Waals surface area contributed by atoms with Crippen LogP contribution in [0.1, 0.15) is 89.8 Å². The van der Waals surface area contributed by atoms with E-state index in [4.69, 9.17) is 10.5 Å². The summed E-state index contributed by atoms with van der Waals surface area (Å²) in [5.41, 5.74) is 6.08. The number of rotatable bonds is 13. The highest BCUT2D eigenvalue weighted by molar-refractivity contribution is 5.94. The lowest BCUT2D eigenvalue weighted by Gasteiger charge is -2.43. The smallest absolute Gasteiger partial charge is 0.408 e. The molecule has 4 amide bonds. The highest BCUT2D eigenvalue weighted by Gasteiger charge is 2.42. The van der Waals surface area contributed by atoms with E-state index in [-0.39, 0.29) is 11.9 Å². The quantitative estimate of drug-likeness (QED) is 0.344. The van der Waals surface area contributed by atoms with Gasteiger partial charge in [0.1, 0.15) is 17.7 Å². The summed E-state index contributed by atoms with van der Waals surface area (Å²) in [5.74, 6) is -1.61. The highest BCUT2D eigenvalue weighted by Crippen LogP contribution is 2.34. The molecule has 4 N–H and O–H groups in total. The molecule has 9 heteroatoms. The van der Waals surface area contributed by atoms with E-state index in [0.717, 1.165) is 31.2 Å². The Balaban J connectivity index is 2.47. The van der Waals surface area contributed by atoms with Crippen molar-refractivity contribution < 1.29 is 23.9 Å². The second-order valence-corrected chi connectivity index (χ2v) is 10.5. The van der Waals surface area contributed by atoms with Crippen LogP contribution in [-0.4, -0.2) is 52.9 Å². The zero-order valence-corrected chi connectivity index (χ0v) is 22.5. The average Bonchev–Trinajstić information content (AvgIpc) is 2.78. The summed E-state index contributed by atoms with van der Waals surface area (Å²) in [4.78, 5) is 53.6. The lowest BCUT2D eigenvalue weighted by atomic mass is 9.87. The number of ether oxygens (including phenoxy) is 1. The van der Waals surface area contributed by atoms with Gasteiger partial charge in [0.05, 0.1) is 6.42 Å². The number of nitrogens with zero attached hydrogens (tertiary/aromatic N) is 1. The molecule has 1 fully saturated rings. The minimum Gasteiger partial charge on any atom is -0.444 e. The van der Waals surface area contributed by atoms with Crippen LogP contribution in [0.3, 0.4) is 0 Å². The second-order valence-electron chi connectivity index (χ2n) is 10.5. The van der Waals surface area contributed by atoms with Crippen LogP contribution in [0.15, 0.2) is 30.8 Å². The van der Waals surface area contributed by atoms with E-state index in [2.05, 4.69) is 24.1 Å². The fourth-order valence-corrected chi connectivity index (χ4v) is 4.19. The van der Waals surface area contributed by atoms with E-state index < -0.39 is 42.0 Å². The first-order chi connectivity index (χ1) is 17.5. The van der Waals surface area contributed by atoms with E-state index in [1.807, 2.05) is 18.2 Å². The zero-order valence-electron chi connectivity index (χ0n) is 22.5. The Morgan fingerprint density at radius 3 is 2.46 bits per heavy atom. The second kappa shape index (κ2) is 13.8. The first-order valence-electron chi connectivity index (χ1n) is 13.1. The van der Waals surface area contributed by atoms with Crippen LogP contribution in [0, 0.1) is 0 Å². The molecule has 2 unspecified atom stereocenters. The summed E-state index contributed by atoms with van der Waals surface area (Å²) < 4.78 is 5.32. The molecule has 0 bridgehead atoms. The number of nitrogens with two attached hydrogens (primary N) is 1. The number of alkyl carbamates (subject to hydrolysis) is 1. The predicted octanol–water partition coefficient (Wildman–Crippen LogP) is 3.83. The molecule has 1 aliphatic carbocycles. The highest BCUT2D eigenvalue weighted by atomic mass is 16.6. The summed E-state index contributed by atoms with van der Waals surface area (Å²) in [6, 6.07) is 4.86. The number of nitrogens with one attached hydrogen (secondary N) is 2. The lowest BCUT2D eigenvalue weighted by molar-refractivity contribution is -0.148. The number of carbonyl (C=O) groups is 4. The van der Waals surface area contributed by atoms with E-state index in [0.29, 0.717) is 24.9 Å². The molecule has 9 nitrogen and oxygen atoms in total. The van der Waals surface area contributed by atoms with Crippen molar-refractivity contribution in [2.45, 2.75) is 96.4 Å². The van der Waals surface area contributed by atoms with Gasteiger partial charge in [-0.15, -0.1) is 0 Å². The van der Waals surface area contributed by atoms with Crippen molar-refractivity contribution in [2.24, 2.45) is 5.73 Å². The van der Waals surface area contributed by atoms with Crippen LogP contribution in [0.25, 0.3) is 6.08 Å². The standard InChI is InChI=1S/C28H42N4O5/c1-6-8-9-16-30-25(34)24(20-13-10-12-19(7-2)17-20)32(21-14-11-15-21)26(35)22(18-23(29)33)31-27(36)37-28(3,4)5/h7,10,12-13,17,21-22,24H,2,6,8-9,11,14-16,18H2,1,3-5H3,(H2,29,33)(H,30,34)(H,31,36). The molecule has 0 spiro atoms. The third-order valence-electron chi connectivity index (χ3n) is 6.19. The van der Waals surface area contributed by atoms with E-state index >= 15 is 0 Å². The topological polar surface area (TPSA) is 131 Å². The van der Waals surface area contributed by atoms with Crippen LogP contribution in [-0.2, 0) is 19.1 Å². The molecule has 37 heavy (non-hydrogen) atoms. The van der Waals surface area contributed by atoms with Gasteiger partial charge in [0.15, 0.2) is 0 Å². The van der Waals surface area contributed by atoms with Gasteiger partial charge in [0.25, 0.3) is 0 Å². The van der Waals surface area contributed by atoms with Crippen LogP contribution < -0.4 is 16.4 Å². The summed E-state index contributed by atoms with van der Waals surface area (Å²) in [7, 11) is 0. The van der Waals surface area contributed by atoms with Crippen LogP contribution >= 0.6 is 0 Å². The third-order valence-corrected chi connectivity index (χ3v) is 6.19. The fraction of sp³-hybridized carbons (Fsp3) is 0.571. The molecule has 0 aromatic heterocycles. The molecular weight excluding hydrogens is 472 g/mol. The average molecular weight is 515 g/mol. The molecule has 2 atom stereocenters. The number of unbranched alkanes of at least 4 members (excludes halogenated alkanes) is 2. The largest absolute Gasteiger partial charge is 0.444 e. The Kier molecular flexibility index (Phi) is 11.1. The van der Waals surface area contributed by atoms with E-state index in [1.165, 1.54) is 4.90 Å².